The number of anilines is 1. The Morgan fingerprint density at radius 3 is 2.23 bits per heavy atom. The fourth-order valence-corrected chi connectivity index (χ4v) is 4.00. The van der Waals surface area contributed by atoms with Gasteiger partial charge in [0, 0.05) is 5.69 Å². The van der Waals surface area contributed by atoms with Crippen LogP contribution in [0.25, 0.3) is 0 Å². The molecule has 154 valence electrons. The Hall–Kier alpha value is -3.47. The zero-order valence-corrected chi connectivity index (χ0v) is 17.4. The second kappa shape index (κ2) is 8.49. The molecular formula is C25H25NO4. The first-order chi connectivity index (χ1) is 14.7. The van der Waals surface area contributed by atoms with Crippen LogP contribution in [0.1, 0.15) is 29.7 Å². The topological polar surface area (TPSA) is 48.0 Å². The molecule has 0 saturated carbocycles. The summed E-state index contributed by atoms with van der Waals surface area (Å²) in [6.07, 6.45) is 0.304. The highest BCUT2D eigenvalue weighted by atomic mass is 16.5. The van der Waals surface area contributed by atoms with Crippen LogP contribution >= 0.6 is 0 Å². The molecule has 30 heavy (non-hydrogen) atoms. The van der Waals surface area contributed by atoms with Crippen molar-refractivity contribution in [2.24, 2.45) is 0 Å². The van der Waals surface area contributed by atoms with Gasteiger partial charge in [0.1, 0.15) is 5.75 Å². The highest BCUT2D eigenvalue weighted by Gasteiger charge is 2.35. The van der Waals surface area contributed by atoms with E-state index in [0.29, 0.717) is 24.5 Å². The van der Waals surface area contributed by atoms with Gasteiger partial charge in [-0.25, -0.2) is 0 Å². The van der Waals surface area contributed by atoms with Crippen molar-refractivity contribution < 1.29 is 19.0 Å². The van der Waals surface area contributed by atoms with Gasteiger partial charge in [0.15, 0.2) is 11.5 Å². The van der Waals surface area contributed by atoms with Crippen LogP contribution in [0, 0.1) is 0 Å². The van der Waals surface area contributed by atoms with E-state index in [1.807, 2.05) is 78.6 Å². The molecule has 0 aromatic heterocycles. The van der Waals surface area contributed by atoms with Crippen LogP contribution in [0.15, 0.2) is 66.7 Å². The summed E-state index contributed by atoms with van der Waals surface area (Å²) in [6, 6.07) is 21.3. The first kappa shape index (κ1) is 19.8. The van der Waals surface area contributed by atoms with Gasteiger partial charge in [-0.1, -0.05) is 30.3 Å². The van der Waals surface area contributed by atoms with Crippen LogP contribution in [0.5, 0.6) is 17.2 Å². The number of amides is 1. The van der Waals surface area contributed by atoms with Crippen LogP contribution < -0.4 is 19.1 Å². The lowest BCUT2D eigenvalue weighted by Crippen LogP contribution is -2.41. The van der Waals surface area contributed by atoms with Crippen LogP contribution in [0.3, 0.4) is 0 Å². The number of methoxy groups -OCH3 is 2. The first-order valence-electron chi connectivity index (χ1n) is 10.0. The van der Waals surface area contributed by atoms with Crippen molar-refractivity contribution in [3.05, 3.63) is 83.4 Å². The number of ether oxygens (including phenoxy) is 3. The number of carbonyl (C=O) groups is 1. The lowest BCUT2D eigenvalue weighted by Gasteiger charge is -2.38. The maximum Gasteiger partial charge on any atom is 0.232 e. The molecule has 4 rings (SSSR count). The quantitative estimate of drug-likeness (QED) is 0.594. The van der Waals surface area contributed by atoms with Gasteiger partial charge in [0.2, 0.25) is 5.91 Å². The predicted molar refractivity (Wildman–Crippen MR) is 117 cm³/mol. The zero-order chi connectivity index (χ0) is 21.1. The van der Waals surface area contributed by atoms with Gasteiger partial charge in [0.05, 0.1) is 33.3 Å². The summed E-state index contributed by atoms with van der Waals surface area (Å²) in [5.41, 5.74) is 3.84. The van der Waals surface area contributed by atoms with E-state index in [9.17, 15) is 4.79 Å². The molecule has 0 aliphatic carbocycles. The maximum absolute atomic E-state index is 13.3. The van der Waals surface area contributed by atoms with Crippen molar-refractivity contribution in [1.29, 1.82) is 0 Å². The molecule has 5 heteroatoms. The molecule has 0 bridgehead atoms. The van der Waals surface area contributed by atoms with Gasteiger partial charge in [-0.05, 0) is 60.0 Å². The highest BCUT2D eigenvalue weighted by Crippen LogP contribution is 2.43. The Bertz CT molecular complexity index is 1030. The fraction of sp³-hybridized carbons (Fsp3) is 0.240. The van der Waals surface area contributed by atoms with E-state index in [1.165, 1.54) is 0 Å². The van der Waals surface area contributed by atoms with Crippen LogP contribution in [0.4, 0.5) is 5.69 Å². The number of nitrogens with zero attached hydrogens (tertiary/aromatic N) is 1. The lowest BCUT2D eigenvalue weighted by atomic mass is 9.86. The molecule has 1 atom stereocenters. The molecule has 3 aromatic carbocycles. The summed E-state index contributed by atoms with van der Waals surface area (Å²) in [6.45, 7) is 2.57. The molecule has 0 N–H and O–H groups in total. The summed E-state index contributed by atoms with van der Waals surface area (Å²) in [7, 11) is 3.23. The van der Waals surface area contributed by atoms with Crippen molar-refractivity contribution in [1.82, 2.24) is 0 Å². The standard InChI is InChI=1S/C25H25NO4/c1-4-30-20-12-10-17(11-13-20)25-21-16-23(29-3)22(28-2)14-18(21)15-24(27)26(25)19-8-6-5-7-9-19/h5-14,16,25H,4,15H2,1-3H3/t25-/m1/s1. The SMILES string of the molecule is CCOc1ccc([C@@H]2c3cc(OC)c(OC)cc3CC(=O)N2c2ccccc2)cc1. The molecule has 5 nitrogen and oxygen atoms in total. The molecule has 1 aliphatic heterocycles. The fourth-order valence-electron chi connectivity index (χ4n) is 4.00. The number of carbonyl (C=O) groups excluding carboxylic acids is 1. The maximum atomic E-state index is 13.3. The highest BCUT2D eigenvalue weighted by molar-refractivity contribution is 5.98. The predicted octanol–water partition coefficient (Wildman–Crippen LogP) is 4.78. The van der Waals surface area contributed by atoms with E-state index in [4.69, 9.17) is 14.2 Å². The minimum Gasteiger partial charge on any atom is -0.494 e. The average Bonchev–Trinajstić information content (AvgIpc) is 2.78. The van der Waals surface area contributed by atoms with E-state index in [2.05, 4.69) is 0 Å². The van der Waals surface area contributed by atoms with Gasteiger partial charge in [-0.3, -0.25) is 4.79 Å². The minimum absolute atomic E-state index is 0.0415. The Kier molecular flexibility index (Phi) is 5.61. The van der Waals surface area contributed by atoms with E-state index in [-0.39, 0.29) is 11.9 Å². The van der Waals surface area contributed by atoms with Crippen molar-refractivity contribution in [2.45, 2.75) is 19.4 Å². The van der Waals surface area contributed by atoms with Crippen molar-refractivity contribution in [3.63, 3.8) is 0 Å². The van der Waals surface area contributed by atoms with Crippen molar-refractivity contribution in [3.8, 4) is 17.2 Å². The molecule has 1 amide bonds. The van der Waals surface area contributed by atoms with Gasteiger partial charge in [0.25, 0.3) is 0 Å². The second-order valence-corrected chi connectivity index (χ2v) is 7.09. The molecule has 0 fully saturated rings. The average molecular weight is 403 g/mol. The third-order valence-corrected chi connectivity index (χ3v) is 5.35. The van der Waals surface area contributed by atoms with Crippen LogP contribution in [-0.2, 0) is 11.2 Å². The number of fused-ring (bicyclic) bond motifs is 1. The lowest BCUT2D eigenvalue weighted by molar-refractivity contribution is -0.118. The van der Waals surface area contributed by atoms with E-state index >= 15 is 0 Å². The summed E-state index contributed by atoms with van der Waals surface area (Å²) in [5, 5.41) is 0. The van der Waals surface area contributed by atoms with Gasteiger partial charge >= 0.3 is 0 Å². The number of hydrogen-bond donors (Lipinski definition) is 0. The van der Waals surface area contributed by atoms with E-state index < -0.39 is 0 Å². The molecule has 0 saturated heterocycles. The van der Waals surface area contributed by atoms with Gasteiger partial charge in [-0.15, -0.1) is 0 Å². The number of rotatable bonds is 6. The molecule has 0 radical (unpaired) electrons. The zero-order valence-electron chi connectivity index (χ0n) is 17.4. The van der Waals surface area contributed by atoms with Gasteiger partial charge < -0.3 is 19.1 Å². The monoisotopic (exact) mass is 403 g/mol. The van der Waals surface area contributed by atoms with Crippen LogP contribution in [0.2, 0.25) is 0 Å². The van der Waals surface area contributed by atoms with Crippen molar-refractivity contribution >= 4 is 11.6 Å². The molecule has 1 aliphatic rings. The minimum atomic E-state index is -0.279. The summed E-state index contributed by atoms with van der Waals surface area (Å²) in [5.74, 6) is 2.12. The van der Waals surface area contributed by atoms with Gasteiger partial charge in [-0.2, -0.15) is 0 Å². The Morgan fingerprint density at radius 1 is 0.933 bits per heavy atom. The molecule has 3 aromatic rings. The summed E-state index contributed by atoms with van der Waals surface area (Å²) in [4.78, 5) is 15.2. The number of benzene rings is 3. The normalized spacial score (nSPS) is 15.5. The summed E-state index contributed by atoms with van der Waals surface area (Å²) < 4.78 is 16.6. The Balaban J connectivity index is 1.89. The molecular weight excluding hydrogens is 378 g/mol. The first-order valence-corrected chi connectivity index (χ1v) is 10.0. The van der Waals surface area contributed by atoms with E-state index in [0.717, 1.165) is 28.1 Å². The Labute approximate surface area is 176 Å². The molecule has 0 spiro atoms. The summed E-state index contributed by atoms with van der Waals surface area (Å²) >= 11 is 0. The number of hydrogen-bond acceptors (Lipinski definition) is 4. The molecule has 0 unspecified atom stereocenters. The second-order valence-electron chi connectivity index (χ2n) is 7.09. The number of para-hydroxylation sites is 1. The third kappa shape index (κ3) is 3.59. The third-order valence-electron chi connectivity index (χ3n) is 5.35. The largest absolute Gasteiger partial charge is 0.494 e. The smallest absolute Gasteiger partial charge is 0.232 e. The van der Waals surface area contributed by atoms with E-state index in [1.54, 1.807) is 14.2 Å². The van der Waals surface area contributed by atoms with Crippen molar-refractivity contribution in [2.75, 3.05) is 25.7 Å². The van der Waals surface area contributed by atoms with Crippen LogP contribution in [-0.4, -0.2) is 26.7 Å². The molecule has 1 heterocycles. The Morgan fingerprint density at radius 2 is 1.60 bits per heavy atom.